The molecule has 3 nitrogen and oxygen atoms in total. The smallest absolute Gasteiger partial charge is 0.126 e. The Kier molecular flexibility index (Phi) is 3.87. The van der Waals surface area contributed by atoms with Crippen LogP contribution < -0.4 is 11.1 Å². The summed E-state index contributed by atoms with van der Waals surface area (Å²) < 4.78 is 1.02. The molecule has 1 heterocycles. The van der Waals surface area contributed by atoms with Crippen molar-refractivity contribution < 1.29 is 0 Å². The Bertz CT molecular complexity index is 567. The predicted molar refractivity (Wildman–Crippen MR) is 79.6 cm³/mol. The highest BCUT2D eigenvalue weighted by atomic mass is 79.9. The second-order valence-corrected chi connectivity index (χ2v) is 5.10. The standard InChI is InChI=1S/C14H16BrN3/c1-9-11(4-3-5-13(9)16)8-17-14-7-6-12(15)10(2)18-14/h3-7H,8,16H2,1-2H3,(H,17,18). The van der Waals surface area contributed by atoms with E-state index in [1.54, 1.807) is 0 Å². The van der Waals surface area contributed by atoms with Gasteiger partial charge in [-0.15, -0.1) is 0 Å². The first-order chi connectivity index (χ1) is 8.58. The maximum Gasteiger partial charge on any atom is 0.126 e. The number of nitrogens with zero attached hydrogens (tertiary/aromatic N) is 1. The second-order valence-electron chi connectivity index (χ2n) is 4.25. The van der Waals surface area contributed by atoms with Crippen LogP contribution in [0.25, 0.3) is 0 Å². The van der Waals surface area contributed by atoms with Crippen LogP contribution in [0.2, 0.25) is 0 Å². The number of rotatable bonds is 3. The van der Waals surface area contributed by atoms with Crippen LogP contribution >= 0.6 is 15.9 Å². The molecule has 18 heavy (non-hydrogen) atoms. The van der Waals surface area contributed by atoms with E-state index in [1.165, 1.54) is 5.56 Å². The quantitative estimate of drug-likeness (QED) is 0.851. The third kappa shape index (κ3) is 2.82. The minimum Gasteiger partial charge on any atom is -0.399 e. The first-order valence-corrected chi connectivity index (χ1v) is 6.58. The molecule has 0 aliphatic heterocycles. The second kappa shape index (κ2) is 5.40. The lowest BCUT2D eigenvalue weighted by Crippen LogP contribution is -2.05. The van der Waals surface area contributed by atoms with Crippen molar-refractivity contribution in [2.45, 2.75) is 20.4 Å². The highest BCUT2D eigenvalue weighted by molar-refractivity contribution is 9.10. The van der Waals surface area contributed by atoms with Gasteiger partial charge in [0.25, 0.3) is 0 Å². The van der Waals surface area contributed by atoms with Gasteiger partial charge >= 0.3 is 0 Å². The molecule has 3 N–H and O–H groups in total. The summed E-state index contributed by atoms with van der Waals surface area (Å²) in [6.07, 6.45) is 0. The van der Waals surface area contributed by atoms with Gasteiger partial charge in [-0.2, -0.15) is 0 Å². The summed E-state index contributed by atoms with van der Waals surface area (Å²) in [4.78, 5) is 4.45. The van der Waals surface area contributed by atoms with Crippen LogP contribution in [-0.2, 0) is 6.54 Å². The molecule has 0 spiro atoms. The fraction of sp³-hybridized carbons (Fsp3) is 0.214. The number of pyridine rings is 1. The third-order valence-electron chi connectivity index (χ3n) is 2.97. The lowest BCUT2D eigenvalue weighted by Gasteiger charge is -2.10. The Balaban J connectivity index is 2.11. The molecule has 0 aliphatic carbocycles. The average molecular weight is 306 g/mol. The van der Waals surface area contributed by atoms with Crippen LogP contribution in [0.15, 0.2) is 34.8 Å². The van der Waals surface area contributed by atoms with Gasteiger partial charge in [-0.1, -0.05) is 12.1 Å². The van der Waals surface area contributed by atoms with E-state index < -0.39 is 0 Å². The van der Waals surface area contributed by atoms with Gasteiger partial charge < -0.3 is 11.1 Å². The number of halogens is 1. The molecule has 94 valence electrons. The van der Waals surface area contributed by atoms with Crippen LogP contribution in [0.4, 0.5) is 11.5 Å². The SMILES string of the molecule is Cc1nc(NCc2cccc(N)c2C)ccc1Br. The van der Waals surface area contributed by atoms with Gasteiger partial charge in [0, 0.05) is 16.7 Å². The van der Waals surface area contributed by atoms with Crippen LogP contribution in [0.3, 0.4) is 0 Å². The van der Waals surface area contributed by atoms with Gasteiger partial charge in [0.15, 0.2) is 0 Å². The molecule has 0 fully saturated rings. The molecular formula is C14H16BrN3. The van der Waals surface area contributed by atoms with Gasteiger partial charge in [0.1, 0.15) is 5.82 Å². The van der Waals surface area contributed by atoms with E-state index in [9.17, 15) is 0 Å². The van der Waals surface area contributed by atoms with E-state index in [2.05, 4.69) is 32.3 Å². The molecular weight excluding hydrogens is 290 g/mol. The van der Waals surface area contributed by atoms with E-state index in [0.717, 1.165) is 33.8 Å². The molecule has 1 aromatic heterocycles. The number of benzene rings is 1. The highest BCUT2D eigenvalue weighted by Gasteiger charge is 2.02. The summed E-state index contributed by atoms with van der Waals surface area (Å²) in [5.74, 6) is 0.873. The summed E-state index contributed by atoms with van der Waals surface area (Å²) in [5.41, 5.74) is 10.0. The molecule has 1 aromatic carbocycles. The van der Waals surface area contributed by atoms with Crippen molar-refractivity contribution in [1.29, 1.82) is 0 Å². The highest BCUT2D eigenvalue weighted by Crippen LogP contribution is 2.19. The van der Waals surface area contributed by atoms with E-state index in [1.807, 2.05) is 38.1 Å². The molecule has 4 heteroatoms. The average Bonchev–Trinajstić information content (AvgIpc) is 2.35. The summed E-state index contributed by atoms with van der Waals surface area (Å²) in [6, 6.07) is 9.92. The summed E-state index contributed by atoms with van der Waals surface area (Å²) in [6.45, 7) is 4.73. The van der Waals surface area contributed by atoms with Crippen molar-refractivity contribution in [3.63, 3.8) is 0 Å². The maximum absolute atomic E-state index is 5.88. The van der Waals surface area contributed by atoms with Gasteiger partial charge in [-0.05, 0) is 59.1 Å². The van der Waals surface area contributed by atoms with Crippen molar-refractivity contribution in [2.75, 3.05) is 11.1 Å². The van der Waals surface area contributed by atoms with E-state index >= 15 is 0 Å². The summed E-state index contributed by atoms with van der Waals surface area (Å²) in [7, 11) is 0. The number of aromatic nitrogens is 1. The molecule has 0 atom stereocenters. The first-order valence-electron chi connectivity index (χ1n) is 5.79. The molecule has 0 saturated carbocycles. The Morgan fingerprint density at radius 1 is 1.22 bits per heavy atom. The zero-order chi connectivity index (χ0) is 13.1. The van der Waals surface area contributed by atoms with Crippen LogP contribution in [0, 0.1) is 13.8 Å². The third-order valence-corrected chi connectivity index (χ3v) is 3.81. The van der Waals surface area contributed by atoms with Gasteiger partial charge in [0.05, 0.1) is 5.69 Å². The summed E-state index contributed by atoms with van der Waals surface area (Å²) in [5, 5.41) is 3.31. The van der Waals surface area contributed by atoms with E-state index in [-0.39, 0.29) is 0 Å². The fourth-order valence-electron chi connectivity index (χ4n) is 1.72. The number of nitrogen functional groups attached to an aromatic ring is 1. The van der Waals surface area contributed by atoms with Crippen molar-refractivity contribution in [1.82, 2.24) is 4.98 Å². The molecule has 0 aliphatic rings. The van der Waals surface area contributed by atoms with Crippen molar-refractivity contribution in [3.8, 4) is 0 Å². The van der Waals surface area contributed by atoms with Crippen molar-refractivity contribution >= 4 is 27.4 Å². The number of hydrogen-bond acceptors (Lipinski definition) is 3. The summed E-state index contributed by atoms with van der Waals surface area (Å²) >= 11 is 3.44. The number of hydrogen-bond donors (Lipinski definition) is 2. The predicted octanol–water partition coefficient (Wildman–Crippen LogP) is 3.66. The topological polar surface area (TPSA) is 50.9 Å². The molecule has 2 rings (SSSR count). The zero-order valence-corrected chi connectivity index (χ0v) is 12.1. The van der Waals surface area contributed by atoms with Crippen molar-refractivity contribution in [3.05, 3.63) is 51.6 Å². The van der Waals surface area contributed by atoms with Crippen LogP contribution in [0.5, 0.6) is 0 Å². The van der Waals surface area contributed by atoms with E-state index in [0.29, 0.717) is 0 Å². The molecule has 0 bridgehead atoms. The van der Waals surface area contributed by atoms with Gasteiger partial charge in [-0.3, -0.25) is 0 Å². The lowest BCUT2D eigenvalue weighted by atomic mass is 10.1. The largest absolute Gasteiger partial charge is 0.399 e. The Hall–Kier alpha value is -1.55. The van der Waals surface area contributed by atoms with Crippen LogP contribution in [0.1, 0.15) is 16.8 Å². The van der Waals surface area contributed by atoms with E-state index in [4.69, 9.17) is 5.73 Å². The van der Waals surface area contributed by atoms with Gasteiger partial charge in [0.2, 0.25) is 0 Å². The van der Waals surface area contributed by atoms with Gasteiger partial charge in [-0.25, -0.2) is 4.98 Å². The molecule has 0 saturated heterocycles. The minimum absolute atomic E-state index is 0.727. The molecule has 0 amide bonds. The fourth-order valence-corrected chi connectivity index (χ4v) is 1.94. The molecule has 0 radical (unpaired) electrons. The number of nitrogens with two attached hydrogens (primary N) is 1. The van der Waals surface area contributed by atoms with Crippen LogP contribution in [-0.4, -0.2) is 4.98 Å². The number of aryl methyl sites for hydroxylation is 1. The Morgan fingerprint density at radius 2 is 2.00 bits per heavy atom. The number of nitrogens with one attached hydrogen (secondary N) is 1. The normalized spacial score (nSPS) is 10.4. The maximum atomic E-state index is 5.88. The lowest BCUT2D eigenvalue weighted by molar-refractivity contribution is 1.07. The minimum atomic E-state index is 0.727. The number of anilines is 2. The molecule has 0 unspecified atom stereocenters. The monoisotopic (exact) mass is 305 g/mol. The Labute approximate surface area is 116 Å². The Morgan fingerprint density at radius 3 is 2.72 bits per heavy atom. The first kappa shape index (κ1) is 12.9. The molecule has 2 aromatic rings. The van der Waals surface area contributed by atoms with Crippen molar-refractivity contribution in [2.24, 2.45) is 0 Å². The zero-order valence-electron chi connectivity index (χ0n) is 10.5.